The van der Waals surface area contributed by atoms with E-state index in [0.29, 0.717) is 5.92 Å². The van der Waals surface area contributed by atoms with Crippen molar-refractivity contribution in [1.82, 2.24) is 14.5 Å². The van der Waals surface area contributed by atoms with E-state index in [4.69, 9.17) is 4.98 Å². The smallest absolute Gasteiger partial charge is 0.164 e. The van der Waals surface area contributed by atoms with Crippen LogP contribution in [0.15, 0.2) is 42.6 Å². The summed E-state index contributed by atoms with van der Waals surface area (Å²) in [7, 11) is 0. The second-order valence-electron chi connectivity index (χ2n) is 5.19. The minimum Gasteiger partial charge on any atom is -0.280 e. The molecule has 2 aromatic heterocycles. The van der Waals surface area contributed by atoms with Crippen LogP contribution in [0.5, 0.6) is 0 Å². The van der Waals surface area contributed by atoms with Gasteiger partial charge in [-0.25, -0.2) is 14.4 Å². The monoisotopic (exact) mass is 299 g/mol. The van der Waals surface area contributed by atoms with E-state index in [-0.39, 0.29) is 5.82 Å². The molecular weight excluding hydrogens is 285 g/mol. The minimum atomic E-state index is -0.239. The molecule has 1 unspecified atom stereocenters. The lowest BCUT2D eigenvalue weighted by atomic mass is 10.1. The van der Waals surface area contributed by atoms with Crippen molar-refractivity contribution < 1.29 is 4.39 Å². The number of rotatable bonds is 2. The zero-order chi connectivity index (χ0) is 14.2. The molecule has 0 saturated carbocycles. The van der Waals surface area contributed by atoms with Crippen molar-refractivity contribution in [3.8, 4) is 5.69 Å². The molecule has 0 N–H and O–H groups in total. The van der Waals surface area contributed by atoms with Crippen molar-refractivity contribution in [3.63, 3.8) is 0 Å². The van der Waals surface area contributed by atoms with Crippen LogP contribution in [0.4, 0.5) is 4.39 Å². The van der Waals surface area contributed by atoms with Gasteiger partial charge >= 0.3 is 0 Å². The van der Waals surface area contributed by atoms with E-state index in [2.05, 4.69) is 4.98 Å². The first-order chi connectivity index (χ1) is 10.3. The van der Waals surface area contributed by atoms with Crippen molar-refractivity contribution in [1.29, 1.82) is 0 Å². The number of aromatic nitrogens is 3. The summed E-state index contributed by atoms with van der Waals surface area (Å²) in [4.78, 5) is 9.22. The highest BCUT2D eigenvalue weighted by Crippen LogP contribution is 2.34. The van der Waals surface area contributed by atoms with Gasteiger partial charge in [0.1, 0.15) is 17.2 Å². The maximum absolute atomic E-state index is 13.6. The van der Waals surface area contributed by atoms with Gasteiger partial charge in [0.05, 0.1) is 5.69 Å². The first-order valence-electron chi connectivity index (χ1n) is 7.00. The fraction of sp³-hybridized carbons (Fsp3) is 0.250. The zero-order valence-electron chi connectivity index (χ0n) is 11.4. The molecule has 3 heterocycles. The second kappa shape index (κ2) is 5.15. The van der Waals surface area contributed by atoms with E-state index in [1.807, 2.05) is 34.5 Å². The van der Waals surface area contributed by atoms with E-state index in [1.54, 1.807) is 18.3 Å². The third kappa shape index (κ3) is 2.21. The lowest BCUT2D eigenvalue weighted by molar-refractivity contribution is 0.625. The van der Waals surface area contributed by atoms with Crippen LogP contribution in [-0.4, -0.2) is 26.0 Å². The number of pyridine rings is 1. The van der Waals surface area contributed by atoms with Gasteiger partial charge in [0.15, 0.2) is 5.65 Å². The Morgan fingerprint density at radius 1 is 1.24 bits per heavy atom. The number of imidazole rings is 1. The third-order valence-electron chi connectivity index (χ3n) is 3.80. The molecule has 0 radical (unpaired) electrons. The maximum Gasteiger partial charge on any atom is 0.164 e. The summed E-state index contributed by atoms with van der Waals surface area (Å²) in [5.41, 5.74) is 2.46. The van der Waals surface area contributed by atoms with Gasteiger partial charge in [-0.2, -0.15) is 11.8 Å². The Morgan fingerprint density at radius 2 is 2.19 bits per heavy atom. The molecule has 1 saturated heterocycles. The van der Waals surface area contributed by atoms with Crippen molar-refractivity contribution in [3.05, 3.63) is 54.2 Å². The molecule has 3 aromatic rings. The molecule has 0 amide bonds. The Hall–Kier alpha value is -1.88. The molecule has 106 valence electrons. The van der Waals surface area contributed by atoms with Gasteiger partial charge in [-0.05, 0) is 42.5 Å². The van der Waals surface area contributed by atoms with Crippen molar-refractivity contribution in [2.45, 2.75) is 12.3 Å². The number of nitrogens with zero attached hydrogens (tertiary/aromatic N) is 3. The summed E-state index contributed by atoms with van der Waals surface area (Å²) in [6.45, 7) is 0. The van der Waals surface area contributed by atoms with Gasteiger partial charge in [-0.3, -0.25) is 4.57 Å². The van der Waals surface area contributed by atoms with Gasteiger partial charge < -0.3 is 0 Å². The molecule has 4 rings (SSSR count). The molecule has 1 aliphatic rings. The Bertz CT molecular complexity index is 793. The molecule has 1 aliphatic heterocycles. The van der Waals surface area contributed by atoms with Crippen molar-refractivity contribution >= 4 is 22.9 Å². The summed E-state index contributed by atoms with van der Waals surface area (Å²) in [5.74, 6) is 3.40. The average molecular weight is 299 g/mol. The fourth-order valence-corrected chi connectivity index (χ4v) is 4.03. The first kappa shape index (κ1) is 12.8. The standard InChI is InChI=1S/C16H14FN3S/c17-12-3-1-4-13(9-12)20-15(11-6-8-21-10-11)19-14-5-2-7-18-16(14)20/h1-5,7,9,11H,6,8,10H2. The molecule has 3 nitrogen and oxygen atoms in total. The van der Waals surface area contributed by atoms with Crippen LogP contribution in [-0.2, 0) is 0 Å². The lowest BCUT2D eigenvalue weighted by Crippen LogP contribution is -2.08. The van der Waals surface area contributed by atoms with Gasteiger partial charge in [0, 0.05) is 17.9 Å². The normalized spacial score (nSPS) is 18.4. The highest BCUT2D eigenvalue weighted by molar-refractivity contribution is 7.99. The third-order valence-corrected chi connectivity index (χ3v) is 4.97. The first-order valence-corrected chi connectivity index (χ1v) is 8.15. The second-order valence-corrected chi connectivity index (χ2v) is 6.34. The predicted molar refractivity (Wildman–Crippen MR) is 83.5 cm³/mol. The largest absolute Gasteiger partial charge is 0.280 e. The molecular formula is C16H14FN3S. The highest BCUT2D eigenvalue weighted by atomic mass is 32.2. The van der Waals surface area contributed by atoms with Crippen LogP contribution in [0.25, 0.3) is 16.9 Å². The van der Waals surface area contributed by atoms with Crippen LogP contribution in [0, 0.1) is 5.82 Å². The number of thioether (sulfide) groups is 1. The summed E-state index contributed by atoms with van der Waals surface area (Å²) in [5, 5.41) is 0. The minimum absolute atomic E-state index is 0.239. The van der Waals surface area contributed by atoms with Crippen LogP contribution >= 0.6 is 11.8 Å². The molecule has 0 aliphatic carbocycles. The molecule has 1 aromatic carbocycles. The van der Waals surface area contributed by atoms with Crippen LogP contribution in [0.1, 0.15) is 18.2 Å². The lowest BCUT2D eigenvalue weighted by Gasteiger charge is -2.12. The van der Waals surface area contributed by atoms with Crippen molar-refractivity contribution in [2.24, 2.45) is 0 Å². The number of halogens is 1. The Labute approximate surface area is 126 Å². The molecule has 0 bridgehead atoms. The van der Waals surface area contributed by atoms with Gasteiger partial charge in [-0.15, -0.1) is 0 Å². The molecule has 0 spiro atoms. The predicted octanol–water partition coefficient (Wildman–Crippen LogP) is 3.78. The fourth-order valence-electron chi connectivity index (χ4n) is 2.81. The van der Waals surface area contributed by atoms with Crippen molar-refractivity contribution in [2.75, 3.05) is 11.5 Å². The summed E-state index contributed by atoms with van der Waals surface area (Å²) >= 11 is 1.95. The summed E-state index contributed by atoms with van der Waals surface area (Å²) < 4.78 is 15.6. The van der Waals surface area contributed by atoms with Crippen LogP contribution < -0.4 is 0 Å². The summed E-state index contributed by atoms with van der Waals surface area (Å²) in [6.07, 6.45) is 2.87. The molecule has 5 heteroatoms. The number of benzene rings is 1. The Kier molecular flexibility index (Phi) is 3.15. The van der Waals surface area contributed by atoms with E-state index in [9.17, 15) is 4.39 Å². The van der Waals surface area contributed by atoms with Gasteiger partial charge in [0.2, 0.25) is 0 Å². The number of fused-ring (bicyclic) bond motifs is 1. The van der Waals surface area contributed by atoms with Gasteiger partial charge in [0.25, 0.3) is 0 Å². The van der Waals surface area contributed by atoms with E-state index < -0.39 is 0 Å². The Balaban J connectivity index is 1.98. The SMILES string of the molecule is Fc1cccc(-n2c(C3CCSC3)nc3cccnc32)c1. The zero-order valence-corrected chi connectivity index (χ0v) is 12.2. The van der Waals surface area contributed by atoms with E-state index >= 15 is 0 Å². The topological polar surface area (TPSA) is 30.7 Å². The number of hydrogen-bond acceptors (Lipinski definition) is 3. The highest BCUT2D eigenvalue weighted by Gasteiger charge is 2.25. The van der Waals surface area contributed by atoms with E-state index in [0.717, 1.165) is 40.6 Å². The van der Waals surface area contributed by atoms with E-state index in [1.165, 1.54) is 6.07 Å². The Morgan fingerprint density at radius 3 is 3.00 bits per heavy atom. The van der Waals surface area contributed by atoms with Gasteiger partial charge in [-0.1, -0.05) is 6.07 Å². The maximum atomic E-state index is 13.6. The molecule has 21 heavy (non-hydrogen) atoms. The number of hydrogen-bond donors (Lipinski definition) is 0. The molecule has 1 fully saturated rings. The summed E-state index contributed by atoms with van der Waals surface area (Å²) in [6, 6.07) is 10.5. The quantitative estimate of drug-likeness (QED) is 0.721. The van der Waals surface area contributed by atoms with Crippen LogP contribution in [0.3, 0.4) is 0 Å². The average Bonchev–Trinajstić information content (AvgIpc) is 3.14. The molecule has 1 atom stereocenters. The van der Waals surface area contributed by atoms with Crippen LogP contribution in [0.2, 0.25) is 0 Å².